The molecule has 0 amide bonds. The standard InChI is InChI=1S/C14H8Cl2O7S/c15-7-2-1-3-8(4-7)24(19,20)12-6-11-10(5-9(12)16)21-14(22-11)23-13(17)18/h1-6,14H,(H,17,18). The van der Waals surface area contributed by atoms with Crippen LogP contribution in [0.5, 0.6) is 11.5 Å². The Morgan fingerprint density at radius 3 is 2.42 bits per heavy atom. The van der Waals surface area contributed by atoms with Gasteiger partial charge in [0.15, 0.2) is 11.5 Å². The summed E-state index contributed by atoms with van der Waals surface area (Å²) in [7, 11) is -3.96. The molecule has 1 aliphatic rings. The molecular formula is C14H8Cl2O7S. The molecule has 0 spiro atoms. The van der Waals surface area contributed by atoms with Gasteiger partial charge in [-0.3, -0.25) is 0 Å². The van der Waals surface area contributed by atoms with Gasteiger partial charge >= 0.3 is 12.6 Å². The Labute approximate surface area is 146 Å². The molecule has 0 fully saturated rings. The van der Waals surface area contributed by atoms with Gasteiger partial charge in [-0.05, 0) is 18.2 Å². The Morgan fingerprint density at radius 2 is 1.79 bits per heavy atom. The zero-order valence-corrected chi connectivity index (χ0v) is 13.9. The third-order valence-electron chi connectivity index (χ3n) is 3.04. The maximum Gasteiger partial charge on any atom is 0.511 e. The molecule has 126 valence electrons. The monoisotopic (exact) mass is 390 g/mol. The first-order chi connectivity index (χ1) is 11.3. The number of carbonyl (C=O) groups is 1. The van der Waals surface area contributed by atoms with Crippen molar-refractivity contribution < 1.29 is 32.5 Å². The minimum absolute atomic E-state index is 0.00810. The molecule has 10 heteroatoms. The minimum atomic E-state index is -3.96. The van der Waals surface area contributed by atoms with Crippen LogP contribution in [0.2, 0.25) is 10.0 Å². The first kappa shape index (κ1) is 16.7. The average Bonchev–Trinajstić information content (AvgIpc) is 2.86. The van der Waals surface area contributed by atoms with Crippen molar-refractivity contribution in [3.05, 3.63) is 46.4 Å². The fourth-order valence-corrected chi connectivity index (χ4v) is 4.11. The minimum Gasteiger partial charge on any atom is -0.450 e. The lowest BCUT2D eigenvalue weighted by Gasteiger charge is -2.08. The molecule has 1 N–H and O–H groups in total. The van der Waals surface area contributed by atoms with Crippen LogP contribution >= 0.6 is 23.2 Å². The Morgan fingerprint density at radius 1 is 1.12 bits per heavy atom. The van der Waals surface area contributed by atoms with E-state index in [1.54, 1.807) is 0 Å². The summed E-state index contributed by atoms with van der Waals surface area (Å²) in [6, 6.07) is 8.04. The third kappa shape index (κ3) is 3.08. The Bertz CT molecular complexity index is 927. The van der Waals surface area contributed by atoms with Gasteiger partial charge in [-0.25, -0.2) is 13.2 Å². The summed E-state index contributed by atoms with van der Waals surface area (Å²) < 4.78 is 39.9. The highest BCUT2D eigenvalue weighted by atomic mass is 35.5. The SMILES string of the molecule is O=C(O)OC1Oc2cc(Cl)c(S(=O)(=O)c3cccc(Cl)c3)cc2O1. The number of hydrogen-bond acceptors (Lipinski definition) is 6. The molecule has 0 radical (unpaired) electrons. The number of rotatable bonds is 3. The fourth-order valence-electron chi connectivity index (χ4n) is 2.03. The topological polar surface area (TPSA) is 99.1 Å². The average molecular weight is 391 g/mol. The molecule has 1 aliphatic heterocycles. The Balaban J connectivity index is 2.01. The quantitative estimate of drug-likeness (QED) is 0.799. The molecule has 1 atom stereocenters. The van der Waals surface area contributed by atoms with Crippen LogP contribution in [0.1, 0.15) is 0 Å². The third-order valence-corrected chi connectivity index (χ3v) is 5.49. The molecule has 0 bridgehead atoms. The lowest BCUT2D eigenvalue weighted by Crippen LogP contribution is -2.24. The summed E-state index contributed by atoms with van der Waals surface area (Å²) >= 11 is 11.9. The van der Waals surface area contributed by atoms with Gasteiger partial charge < -0.3 is 19.3 Å². The Hall–Kier alpha value is -2.16. The van der Waals surface area contributed by atoms with Crippen molar-refractivity contribution in [1.82, 2.24) is 0 Å². The van der Waals surface area contributed by atoms with Gasteiger partial charge in [0.2, 0.25) is 9.84 Å². The van der Waals surface area contributed by atoms with E-state index in [1.807, 2.05) is 0 Å². The van der Waals surface area contributed by atoms with Gasteiger partial charge in [0.1, 0.15) is 0 Å². The molecule has 0 aromatic heterocycles. The highest BCUT2D eigenvalue weighted by Crippen LogP contribution is 2.42. The van der Waals surface area contributed by atoms with E-state index in [9.17, 15) is 13.2 Å². The van der Waals surface area contributed by atoms with Crippen molar-refractivity contribution in [1.29, 1.82) is 0 Å². The van der Waals surface area contributed by atoms with Crippen molar-refractivity contribution in [3.63, 3.8) is 0 Å². The molecule has 3 rings (SSSR count). The molecule has 2 aromatic carbocycles. The first-order valence-corrected chi connectivity index (χ1v) is 8.58. The van der Waals surface area contributed by atoms with Crippen LogP contribution < -0.4 is 9.47 Å². The van der Waals surface area contributed by atoms with Crippen molar-refractivity contribution in [2.24, 2.45) is 0 Å². The number of benzene rings is 2. The van der Waals surface area contributed by atoms with Crippen LogP contribution in [0, 0.1) is 0 Å². The zero-order valence-electron chi connectivity index (χ0n) is 11.6. The zero-order chi connectivity index (χ0) is 17.5. The number of hydrogen-bond donors (Lipinski definition) is 1. The molecular weight excluding hydrogens is 383 g/mol. The van der Waals surface area contributed by atoms with E-state index in [0.717, 1.165) is 6.07 Å². The summed E-state index contributed by atoms with van der Waals surface area (Å²) in [6.45, 7) is -1.53. The van der Waals surface area contributed by atoms with Crippen LogP contribution in [0.25, 0.3) is 0 Å². The second-order valence-electron chi connectivity index (χ2n) is 4.60. The summed E-state index contributed by atoms with van der Waals surface area (Å²) in [6.07, 6.45) is -1.61. The van der Waals surface area contributed by atoms with Gasteiger partial charge in [0, 0.05) is 17.2 Å². The number of carboxylic acid groups (broad SMARTS) is 1. The maximum atomic E-state index is 12.7. The van der Waals surface area contributed by atoms with Crippen molar-refractivity contribution >= 4 is 39.2 Å². The summed E-state index contributed by atoms with van der Waals surface area (Å²) in [5.74, 6) is 0.0579. The van der Waals surface area contributed by atoms with Crippen molar-refractivity contribution in [2.45, 2.75) is 16.3 Å². The number of halogens is 2. The van der Waals surface area contributed by atoms with E-state index < -0.39 is 22.5 Å². The predicted molar refractivity (Wildman–Crippen MR) is 82.5 cm³/mol. The summed E-state index contributed by atoms with van der Waals surface area (Å²) in [4.78, 5) is 10.2. The second kappa shape index (κ2) is 6.04. The van der Waals surface area contributed by atoms with E-state index in [-0.39, 0.29) is 31.3 Å². The summed E-state index contributed by atoms with van der Waals surface area (Å²) in [5, 5.41) is 8.68. The van der Waals surface area contributed by atoms with Crippen molar-refractivity contribution in [3.8, 4) is 11.5 Å². The van der Waals surface area contributed by atoms with E-state index in [1.165, 1.54) is 30.3 Å². The maximum absolute atomic E-state index is 12.7. The van der Waals surface area contributed by atoms with Crippen LogP contribution in [-0.4, -0.2) is 26.2 Å². The number of ether oxygens (including phenoxy) is 3. The van der Waals surface area contributed by atoms with E-state index >= 15 is 0 Å². The lowest BCUT2D eigenvalue weighted by atomic mass is 10.3. The smallest absolute Gasteiger partial charge is 0.450 e. The van der Waals surface area contributed by atoms with Gasteiger partial charge in [0.25, 0.3) is 0 Å². The van der Waals surface area contributed by atoms with Crippen LogP contribution in [-0.2, 0) is 14.6 Å². The lowest BCUT2D eigenvalue weighted by molar-refractivity contribution is -0.147. The first-order valence-electron chi connectivity index (χ1n) is 6.34. The largest absolute Gasteiger partial charge is 0.511 e. The molecule has 0 aliphatic carbocycles. The number of fused-ring (bicyclic) bond motifs is 1. The highest BCUT2D eigenvalue weighted by molar-refractivity contribution is 7.91. The van der Waals surface area contributed by atoms with E-state index in [0.29, 0.717) is 0 Å². The number of sulfone groups is 1. The predicted octanol–water partition coefficient (Wildman–Crippen LogP) is 3.58. The normalized spacial score (nSPS) is 16.0. The highest BCUT2D eigenvalue weighted by Gasteiger charge is 2.32. The Kier molecular flexibility index (Phi) is 4.20. The molecule has 2 aromatic rings. The molecule has 0 saturated carbocycles. The molecule has 7 nitrogen and oxygen atoms in total. The van der Waals surface area contributed by atoms with Gasteiger partial charge in [0.05, 0.1) is 14.8 Å². The molecule has 1 heterocycles. The molecule has 1 unspecified atom stereocenters. The van der Waals surface area contributed by atoms with Crippen molar-refractivity contribution in [2.75, 3.05) is 0 Å². The van der Waals surface area contributed by atoms with Crippen LogP contribution in [0.3, 0.4) is 0 Å². The molecule has 24 heavy (non-hydrogen) atoms. The van der Waals surface area contributed by atoms with Crippen LogP contribution in [0.4, 0.5) is 4.79 Å². The van der Waals surface area contributed by atoms with Gasteiger partial charge in [-0.15, -0.1) is 0 Å². The second-order valence-corrected chi connectivity index (χ2v) is 7.36. The van der Waals surface area contributed by atoms with Crippen LogP contribution in [0.15, 0.2) is 46.2 Å². The van der Waals surface area contributed by atoms with E-state index in [2.05, 4.69) is 4.74 Å². The van der Waals surface area contributed by atoms with Gasteiger partial charge in [-0.2, -0.15) is 0 Å². The van der Waals surface area contributed by atoms with E-state index in [4.69, 9.17) is 37.8 Å². The molecule has 0 saturated heterocycles. The van der Waals surface area contributed by atoms with Gasteiger partial charge in [-0.1, -0.05) is 29.3 Å². The summed E-state index contributed by atoms with van der Waals surface area (Å²) in [5.41, 5.74) is 0. The fraction of sp³-hybridized carbons (Fsp3) is 0.0714.